The molecular formula is C13H15O3-. The Hall–Kier alpha value is -1.64. The van der Waals surface area contributed by atoms with E-state index >= 15 is 0 Å². The maximum Gasteiger partial charge on any atom is 0.163 e. The van der Waals surface area contributed by atoms with Crippen LogP contribution in [0.1, 0.15) is 48.5 Å². The summed E-state index contributed by atoms with van der Waals surface area (Å²) in [6.45, 7) is 4.15. The van der Waals surface area contributed by atoms with Gasteiger partial charge in [0, 0.05) is 18.0 Å². The van der Waals surface area contributed by atoms with Crippen molar-refractivity contribution < 1.29 is 14.7 Å². The van der Waals surface area contributed by atoms with Gasteiger partial charge in [-0.25, -0.2) is 0 Å². The van der Waals surface area contributed by atoms with Crippen molar-refractivity contribution in [3.63, 3.8) is 0 Å². The number of rotatable bonds is 5. The Morgan fingerprint density at radius 2 is 1.69 bits per heavy atom. The number of benzene rings is 1. The van der Waals surface area contributed by atoms with E-state index in [-0.39, 0.29) is 18.6 Å². The Morgan fingerprint density at radius 3 is 2.12 bits per heavy atom. The zero-order valence-corrected chi connectivity index (χ0v) is 9.53. The van der Waals surface area contributed by atoms with Gasteiger partial charge >= 0.3 is 0 Å². The number of aliphatic carboxylic acids is 1. The molecule has 0 saturated carbocycles. The van der Waals surface area contributed by atoms with Crippen LogP contribution in [0.25, 0.3) is 0 Å². The van der Waals surface area contributed by atoms with Crippen molar-refractivity contribution in [2.75, 3.05) is 0 Å². The Bertz CT molecular complexity index is 377. The number of carbonyl (C=O) groups excluding carboxylic acids is 2. The molecule has 0 aliphatic rings. The van der Waals surface area contributed by atoms with Crippen molar-refractivity contribution in [1.29, 1.82) is 0 Å². The number of Topliss-reactive ketones (excluding diaryl/α,β-unsaturated/α-hetero) is 1. The number of carboxylic acids is 1. The fourth-order valence-electron chi connectivity index (χ4n) is 1.41. The first-order valence-corrected chi connectivity index (χ1v) is 5.33. The SMILES string of the molecule is CC(C)c1ccc(C(=O)CCC(=O)[O-])cc1. The lowest BCUT2D eigenvalue weighted by molar-refractivity contribution is -0.305. The van der Waals surface area contributed by atoms with Crippen molar-refractivity contribution in [2.24, 2.45) is 0 Å². The predicted molar refractivity (Wildman–Crippen MR) is 59.1 cm³/mol. The smallest absolute Gasteiger partial charge is 0.163 e. The van der Waals surface area contributed by atoms with Crippen LogP contribution >= 0.6 is 0 Å². The molecule has 1 rings (SSSR count). The van der Waals surface area contributed by atoms with Crippen molar-refractivity contribution in [1.82, 2.24) is 0 Å². The van der Waals surface area contributed by atoms with Gasteiger partial charge in [0.1, 0.15) is 0 Å². The molecule has 1 aromatic carbocycles. The molecule has 0 N–H and O–H groups in total. The second kappa shape index (κ2) is 5.45. The number of ketones is 1. The van der Waals surface area contributed by atoms with Crippen LogP contribution in [0.2, 0.25) is 0 Å². The van der Waals surface area contributed by atoms with E-state index in [2.05, 4.69) is 13.8 Å². The number of carbonyl (C=O) groups is 2. The van der Waals surface area contributed by atoms with Gasteiger partial charge in [-0.2, -0.15) is 0 Å². The highest BCUT2D eigenvalue weighted by molar-refractivity contribution is 5.97. The van der Waals surface area contributed by atoms with E-state index in [4.69, 9.17) is 0 Å². The average molecular weight is 219 g/mol. The third-order valence-electron chi connectivity index (χ3n) is 2.46. The molecule has 1 aromatic rings. The first kappa shape index (κ1) is 12.4. The van der Waals surface area contributed by atoms with Gasteiger partial charge in [-0.15, -0.1) is 0 Å². The summed E-state index contributed by atoms with van der Waals surface area (Å²) in [5.41, 5.74) is 1.72. The largest absolute Gasteiger partial charge is 0.550 e. The Morgan fingerprint density at radius 1 is 1.12 bits per heavy atom. The van der Waals surface area contributed by atoms with Crippen molar-refractivity contribution >= 4 is 11.8 Å². The van der Waals surface area contributed by atoms with Crippen molar-refractivity contribution in [3.8, 4) is 0 Å². The minimum atomic E-state index is -1.19. The first-order valence-electron chi connectivity index (χ1n) is 5.33. The van der Waals surface area contributed by atoms with Gasteiger partial charge in [-0.1, -0.05) is 38.1 Å². The van der Waals surface area contributed by atoms with Crippen LogP contribution in [0.3, 0.4) is 0 Å². The zero-order chi connectivity index (χ0) is 12.1. The third-order valence-corrected chi connectivity index (χ3v) is 2.46. The molecule has 0 radical (unpaired) electrons. The van der Waals surface area contributed by atoms with Crippen LogP contribution in [-0.4, -0.2) is 11.8 Å². The molecule has 0 unspecified atom stereocenters. The van der Waals surface area contributed by atoms with Crippen molar-refractivity contribution in [3.05, 3.63) is 35.4 Å². The molecule has 0 spiro atoms. The number of hydrogen-bond acceptors (Lipinski definition) is 3. The van der Waals surface area contributed by atoms with E-state index in [1.54, 1.807) is 12.1 Å². The Labute approximate surface area is 95.1 Å². The quantitative estimate of drug-likeness (QED) is 0.705. The molecule has 0 bridgehead atoms. The molecule has 3 nitrogen and oxygen atoms in total. The van der Waals surface area contributed by atoms with E-state index < -0.39 is 5.97 Å². The molecule has 0 aliphatic heterocycles. The second-order valence-corrected chi connectivity index (χ2v) is 4.07. The van der Waals surface area contributed by atoms with Gasteiger partial charge in [0.05, 0.1) is 0 Å². The molecule has 0 aromatic heterocycles. The van der Waals surface area contributed by atoms with Gasteiger partial charge in [-0.3, -0.25) is 4.79 Å². The third kappa shape index (κ3) is 3.50. The lowest BCUT2D eigenvalue weighted by atomic mass is 9.99. The van der Waals surface area contributed by atoms with Gasteiger partial charge in [0.15, 0.2) is 5.78 Å². The highest BCUT2D eigenvalue weighted by Crippen LogP contribution is 2.15. The van der Waals surface area contributed by atoms with Crippen LogP contribution in [0, 0.1) is 0 Å². The number of carboxylic acid groups (broad SMARTS) is 1. The molecule has 3 heteroatoms. The summed E-state index contributed by atoms with van der Waals surface area (Å²) in [5, 5.41) is 10.2. The maximum atomic E-state index is 11.5. The van der Waals surface area contributed by atoms with Gasteiger partial charge in [0.2, 0.25) is 0 Å². The molecular weight excluding hydrogens is 204 g/mol. The first-order chi connectivity index (χ1) is 7.50. The van der Waals surface area contributed by atoms with Gasteiger partial charge in [-0.05, 0) is 17.9 Å². The highest BCUT2D eigenvalue weighted by Gasteiger charge is 2.06. The zero-order valence-electron chi connectivity index (χ0n) is 9.53. The molecule has 0 amide bonds. The van der Waals surface area contributed by atoms with Gasteiger partial charge in [0.25, 0.3) is 0 Å². The Kier molecular flexibility index (Phi) is 4.23. The number of hydrogen-bond donors (Lipinski definition) is 0. The lowest BCUT2D eigenvalue weighted by Gasteiger charge is -2.06. The van der Waals surface area contributed by atoms with Crippen LogP contribution in [0.4, 0.5) is 0 Å². The normalized spacial score (nSPS) is 10.4. The summed E-state index contributed by atoms with van der Waals surface area (Å²) in [7, 11) is 0. The summed E-state index contributed by atoms with van der Waals surface area (Å²) in [6, 6.07) is 7.29. The van der Waals surface area contributed by atoms with E-state index in [9.17, 15) is 14.7 Å². The van der Waals surface area contributed by atoms with Crippen molar-refractivity contribution in [2.45, 2.75) is 32.6 Å². The molecule has 0 fully saturated rings. The second-order valence-electron chi connectivity index (χ2n) is 4.07. The van der Waals surface area contributed by atoms with Crippen LogP contribution in [-0.2, 0) is 4.79 Å². The monoisotopic (exact) mass is 219 g/mol. The maximum absolute atomic E-state index is 11.5. The average Bonchev–Trinajstić information content (AvgIpc) is 2.26. The fraction of sp³-hybridized carbons (Fsp3) is 0.385. The minimum Gasteiger partial charge on any atom is -0.550 e. The van der Waals surface area contributed by atoms with E-state index in [1.807, 2.05) is 12.1 Å². The summed E-state index contributed by atoms with van der Waals surface area (Å²) in [5.74, 6) is -0.918. The topological polar surface area (TPSA) is 57.2 Å². The molecule has 16 heavy (non-hydrogen) atoms. The lowest BCUT2D eigenvalue weighted by Crippen LogP contribution is -2.22. The Balaban J connectivity index is 2.66. The van der Waals surface area contributed by atoms with Crippen LogP contribution in [0.5, 0.6) is 0 Å². The van der Waals surface area contributed by atoms with E-state index in [0.29, 0.717) is 11.5 Å². The van der Waals surface area contributed by atoms with Gasteiger partial charge < -0.3 is 9.90 Å². The van der Waals surface area contributed by atoms with E-state index in [1.165, 1.54) is 0 Å². The predicted octanol–water partition coefficient (Wildman–Crippen LogP) is 1.52. The molecule has 0 saturated heterocycles. The summed E-state index contributed by atoms with van der Waals surface area (Å²) >= 11 is 0. The van der Waals surface area contributed by atoms with Crippen LogP contribution < -0.4 is 5.11 Å². The minimum absolute atomic E-state index is 0.00333. The van der Waals surface area contributed by atoms with Crippen LogP contribution in [0.15, 0.2) is 24.3 Å². The summed E-state index contributed by atoms with van der Waals surface area (Å²) < 4.78 is 0. The molecule has 0 atom stereocenters. The highest BCUT2D eigenvalue weighted by atomic mass is 16.4. The van der Waals surface area contributed by atoms with E-state index in [0.717, 1.165) is 5.56 Å². The summed E-state index contributed by atoms with van der Waals surface area (Å²) in [4.78, 5) is 21.8. The fourth-order valence-corrected chi connectivity index (χ4v) is 1.41. The molecule has 86 valence electrons. The molecule has 0 aliphatic carbocycles. The standard InChI is InChI=1S/C13H16O3/c1-9(2)10-3-5-11(6-4-10)12(14)7-8-13(15)16/h3-6,9H,7-8H2,1-2H3,(H,15,16)/p-1. The molecule has 0 heterocycles. The summed E-state index contributed by atoms with van der Waals surface area (Å²) in [6.07, 6.45) is -0.214.